The summed E-state index contributed by atoms with van der Waals surface area (Å²) in [6, 6.07) is 21.3. The first-order valence-corrected chi connectivity index (χ1v) is 8.88. The van der Waals surface area contributed by atoms with E-state index in [0.717, 1.165) is 16.5 Å². The summed E-state index contributed by atoms with van der Waals surface area (Å²) >= 11 is 0. The van der Waals surface area contributed by atoms with Gasteiger partial charge in [0, 0.05) is 11.8 Å². The van der Waals surface area contributed by atoms with Gasteiger partial charge in [0.1, 0.15) is 11.5 Å². The van der Waals surface area contributed by atoms with Crippen LogP contribution in [-0.2, 0) is 4.79 Å². The normalized spacial score (nSPS) is 11.8. The predicted octanol–water partition coefficient (Wildman–Crippen LogP) is 5.03. The van der Waals surface area contributed by atoms with Gasteiger partial charge in [-0.05, 0) is 48.4 Å². The van der Waals surface area contributed by atoms with Gasteiger partial charge in [0.05, 0.1) is 6.61 Å². The highest BCUT2D eigenvalue weighted by atomic mass is 16.5. The number of hydrogen-bond acceptors (Lipinski definition) is 3. The Balaban J connectivity index is 1.70. The van der Waals surface area contributed by atoms with E-state index in [-0.39, 0.29) is 5.91 Å². The van der Waals surface area contributed by atoms with Crippen molar-refractivity contribution in [3.63, 3.8) is 0 Å². The van der Waals surface area contributed by atoms with Crippen LogP contribution in [0.1, 0.15) is 20.3 Å². The molecule has 3 aromatic rings. The molecule has 1 unspecified atom stereocenters. The standard InChI is InChI=1S/C22H23NO3/c1-3-21(22(24)23-18-10-7-11-19(15-18)25-4-2)26-20-13-12-16-8-5-6-9-17(16)14-20/h5-15,21H,3-4H2,1-2H3,(H,23,24). The zero-order chi connectivity index (χ0) is 18.4. The summed E-state index contributed by atoms with van der Waals surface area (Å²) in [6.07, 6.45) is 0.0102. The van der Waals surface area contributed by atoms with Crippen molar-refractivity contribution in [2.45, 2.75) is 26.4 Å². The lowest BCUT2D eigenvalue weighted by Crippen LogP contribution is -2.32. The molecule has 0 aliphatic rings. The Morgan fingerprint density at radius 1 is 0.923 bits per heavy atom. The number of ether oxygens (including phenoxy) is 2. The van der Waals surface area contributed by atoms with Gasteiger partial charge in [0.2, 0.25) is 0 Å². The van der Waals surface area contributed by atoms with E-state index < -0.39 is 6.10 Å². The molecule has 0 bridgehead atoms. The van der Waals surface area contributed by atoms with Crippen molar-refractivity contribution in [1.29, 1.82) is 0 Å². The van der Waals surface area contributed by atoms with E-state index in [1.807, 2.05) is 74.5 Å². The third-order valence-electron chi connectivity index (χ3n) is 4.08. The molecule has 1 atom stereocenters. The molecule has 0 heterocycles. The largest absolute Gasteiger partial charge is 0.494 e. The van der Waals surface area contributed by atoms with Gasteiger partial charge in [-0.25, -0.2) is 0 Å². The topological polar surface area (TPSA) is 47.6 Å². The highest BCUT2D eigenvalue weighted by molar-refractivity contribution is 5.94. The molecule has 4 heteroatoms. The molecular weight excluding hydrogens is 326 g/mol. The van der Waals surface area contributed by atoms with Crippen molar-refractivity contribution in [2.24, 2.45) is 0 Å². The quantitative estimate of drug-likeness (QED) is 0.650. The van der Waals surface area contributed by atoms with Crippen molar-refractivity contribution in [3.05, 3.63) is 66.7 Å². The van der Waals surface area contributed by atoms with Gasteiger partial charge in [0.25, 0.3) is 5.91 Å². The van der Waals surface area contributed by atoms with Crippen molar-refractivity contribution in [1.82, 2.24) is 0 Å². The van der Waals surface area contributed by atoms with Gasteiger partial charge in [-0.3, -0.25) is 4.79 Å². The molecule has 0 saturated heterocycles. The van der Waals surface area contributed by atoms with Crippen LogP contribution in [0.5, 0.6) is 11.5 Å². The number of fused-ring (bicyclic) bond motifs is 1. The number of amides is 1. The highest BCUT2D eigenvalue weighted by Gasteiger charge is 2.19. The fraction of sp³-hybridized carbons (Fsp3) is 0.227. The number of anilines is 1. The van der Waals surface area contributed by atoms with Crippen molar-refractivity contribution in [3.8, 4) is 11.5 Å². The van der Waals surface area contributed by atoms with Crippen LogP contribution in [0.2, 0.25) is 0 Å². The van der Waals surface area contributed by atoms with Gasteiger partial charge in [0.15, 0.2) is 6.10 Å². The zero-order valence-electron chi connectivity index (χ0n) is 15.1. The molecule has 0 aliphatic heterocycles. The minimum Gasteiger partial charge on any atom is -0.494 e. The second-order valence-corrected chi connectivity index (χ2v) is 5.97. The predicted molar refractivity (Wildman–Crippen MR) is 105 cm³/mol. The van der Waals surface area contributed by atoms with Crippen LogP contribution in [0, 0.1) is 0 Å². The van der Waals surface area contributed by atoms with Crippen LogP contribution in [0.3, 0.4) is 0 Å². The van der Waals surface area contributed by atoms with E-state index in [4.69, 9.17) is 9.47 Å². The Morgan fingerprint density at radius 3 is 2.50 bits per heavy atom. The van der Waals surface area contributed by atoms with Gasteiger partial charge in [-0.15, -0.1) is 0 Å². The summed E-state index contributed by atoms with van der Waals surface area (Å²) in [5.74, 6) is 1.25. The third kappa shape index (κ3) is 4.33. The van der Waals surface area contributed by atoms with Crippen LogP contribution < -0.4 is 14.8 Å². The summed E-state index contributed by atoms with van der Waals surface area (Å²) in [4.78, 5) is 12.6. The van der Waals surface area contributed by atoms with Gasteiger partial charge in [-0.2, -0.15) is 0 Å². The zero-order valence-corrected chi connectivity index (χ0v) is 15.1. The lowest BCUT2D eigenvalue weighted by Gasteiger charge is -2.18. The molecule has 1 amide bonds. The Bertz CT molecular complexity index is 891. The Labute approximate surface area is 153 Å². The summed E-state index contributed by atoms with van der Waals surface area (Å²) in [6.45, 7) is 4.44. The number of carbonyl (C=O) groups excluding carboxylic acids is 1. The Morgan fingerprint density at radius 2 is 1.73 bits per heavy atom. The lowest BCUT2D eigenvalue weighted by molar-refractivity contribution is -0.122. The highest BCUT2D eigenvalue weighted by Crippen LogP contribution is 2.23. The fourth-order valence-electron chi connectivity index (χ4n) is 2.78. The Kier molecular flexibility index (Phi) is 5.74. The smallest absolute Gasteiger partial charge is 0.265 e. The van der Waals surface area contributed by atoms with E-state index >= 15 is 0 Å². The monoisotopic (exact) mass is 349 g/mol. The number of benzene rings is 3. The van der Waals surface area contributed by atoms with Crippen LogP contribution >= 0.6 is 0 Å². The van der Waals surface area contributed by atoms with Crippen molar-refractivity contribution in [2.75, 3.05) is 11.9 Å². The summed E-state index contributed by atoms with van der Waals surface area (Å²) < 4.78 is 11.4. The number of carbonyl (C=O) groups is 1. The summed E-state index contributed by atoms with van der Waals surface area (Å²) in [5, 5.41) is 5.14. The maximum atomic E-state index is 12.6. The molecule has 134 valence electrons. The molecular formula is C22H23NO3. The van der Waals surface area contributed by atoms with Crippen LogP contribution in [0.25, 0.3) is 10.8 Å². The number of rotatable bonds is 7. The minimum atomic E-state index is -0.563. The summed E-state index contributed by atoms with van der Waals surface area (Å²) in [5.41, 5.74) is 0.696. The molecule has 0 aliphatic carbocycles. The molecule has 3 aromatic carbocycles. The van der Waals surface area contributed by atoms with E-state index in [1.54, 1.807) is 0 Å². The first-order valence-electron chi connectivity index (χ1n) is 8.88. The molecule has 0 spiro atoms. The molecule has 4 nitrogen and oxygen atoms in total. The molecule has 3 rings (SSSR count). The minimum absolute atomic E-state index is 0.172. The van der Waals surface area contributed by atoms with Crippen molar-refractivity contribution < 1.29 is 14.3 Å². The third-order valence-corrected chi connectivity index (χ3v) is 4.08. The molecule has 0 fully saturated rings. The molecule has 0 aromatic heterocycles. The van der Waals surface area contributed by atoms with Gasteiger partial charge < -0.3 is 14.8 Å². The SMILES string of the molecule is CCOc1cccc(NC(=O)C(CC)Oc2ccc3ccccc3c2)c1. The van der Waals surface area contributed by atoms with E-state index in [1.165, 1.54) is 0 Å². The fourth-order valence-corrected chi connectivity index (χ4v) is 2.78. The molecule has 0 radical (unpaired) electrons. The van der Waals surface area contributed by atoms with Gasteiger partial charge >= 0.3 is 0 Å². The maximum absolute atomic E-state index is 12.6. The first kappa shape index (κ1) is 17.8. The molecule has 0 saturated carbocycles. The van der Waals surface area contributed by atoms with E-state index in [0.29, 0.717) is 24.5 Å². The second-order valence-electron chi connectivity index (χ2n) is 5.97. The Hall–Kier alpha value is -3.01. The number of hydrogen-bond donors (Lipinski definition) is 1. The van der Waals surface area contributed by atoms with Crippen LogP contribution in [0.15, 0.2) is 66.7 Å². The molecule has 1 N–H and O–H groups in total. The maximum Gasteiger partial charge on any atom is 0.265 e. The van der Waals surface area contributed by atoms with E-state index in [2.05, 4.69) is 11.4 Å². The number of nitrogens with one attached hydrogen (secondary N) is 1. The van der Waals surface area contributed by atoms with Crippen LogP contribution in [0.4, 0.5) is 5.69 Å². The van der Waals surface area contributed by atoms with Crippen LogP contribution in [-0.4, -0.2) is 18.6 Å². The van der Waals surface area contributed by atoms with E-state index in [9.17, 15) is 4.79 Å². The average Bonchev–Trinajstić information content (AvgIpc) is 2.66. The second kappa shape index (κ2) is 8.39. The summed E-state index contributed by atoms with van der Waals surface area (Å²) in [7, 11) is 0. The van der Waals surface area contributed by atoms with Crippen molar-refractivity contribution >= 4 is 22.4 Å². The molecule has 26 heavy (non-hydrogen) atoms. The van der Waals surface area contributed by atoms with Gasteiger partial charge in [-0.1, -0.05) is 43.3 Å². The average molecular weight is 349 g/mol. The lowest BCUT2D eigenvalue weighted by atomic mass is 10.1. The first-order chi connectivity index (χ1) is 12.7.